The van der Waals surface area contributed by atoms with Gasteiger partial charge in [0, 0.05) is 23.6 Å². The van der Waals surface area contributed by atoms with Gasteiger partial charge in [0.2, 0.25) is 0 Å². The fraction of sp³-hybridized carbons (Fsp3) is 0.469. The number of halogens is 12. The average molecular weight is 2020 g/mol. The molecule has 3 fully saturated rings. The van der Waals surface area contributed by atoms with Crippen molar-refractivity contribution in [2.45, 2.75) is 296 Å². The fourth-order valence-corrected chi connectivity index (χ4v) is 13.5. The fourth-order valence-electron chi connectivity index (χ4n) is 11.7. The Morgan fingerprint density at radius 1 is 0.397 bits per heavy atom. The number of alkyl halides is 12. The molecule has 0 atom stereocenters. The van der Waals surface area contributed by atoms with Crippen LogP contribution in [0.2, 0.25) is 19.6 Å². The number of terminal acetylenes is 2. The van der Waals surface area contributed by atoms with Gasteiger partial charge in [-0.3, -0.25) is 9.59 Å². The van der Waals surface area contributed by atoms with Crippen LogP contribution in [0.5, 0.6) is 23.0 Å². The van der Waals surface area contributed by atoms with Crippen molar-refractivity contribution in [2.75, 3.05) is 0 Å². The molecule has 136 heavy (non-hydrogen) atoms. The Morgan fingerprint density at radius 3 is 0.890 bits per heavy atom. The molecule has 38 heteroatoms. The number of aliphatic carboxylic acids is 1. The third kappa shape index (κ3) is 39.8. The monoisotopic (exact) mass is 2020 g/mol. The van der Waals surface area contributed by atoms with Crippen molar-refractivity contribution in [3.63, 3.8) is 0 Å². The standard InChI is InChI=1S/C24H26O3.C16H20O.C15H19F3O4S.C14H17F3O4S.C13H15F3O5S.C11H13F3O4S.C5H10Si/c1-17(2)22-14-19(10-11-21(22)16-27-24(3)12-13-24)7-4-18-5-8-20(9-6-18)15-23(25)26;1-5-13-6-7-14(15(10-13)12(2)3)11-17-16(4)8-9-16;1-10(2)13-8-12(22-23(19,20)15(16,17)18)5-4-11(13)9-21-14(3)6-7-14;1-9(2)13-7-12(21-22(18,19)14(15,16)17)6-5-11(13)8-20-10(3)4;1-8(2)12-6-11(21-22(18,19)13(14,15)16)5-4-10(12)7-20-9(3)17;1-7(2)10-5-9(4-3-8(10)6-15)18-19(16,17)11(12,13)14;1-5-6(2,3)4/h5-6,8-11,14,17H,12-13,15-16H2,1-3H3,(H,25,26);1,6-7,10,12H,8-9,11H2,2-4H3;4-5,8,10H,6-7,9H2,1-3H3;5-7,9H,3,8H2,1-2,4H3;4-6,8H,7H2,1-3H3;3-5,7,15H,6H2,1-2H3;1H,2-4H3. The second-order valence-corrected chi connectivity index (χ2v) is 46.8. The van der Waals surface area contributed by atoms with Crippen molar-refractivity contribution < 1.29 is 147 Å². The van der Waals surface area contributed by atoms with Gasteiger partial charge in [0.1, 0.15) is 44.3 Å². The molecule has 7 aromatic rings. The van der Waals surface area contributed by atoms with Crippen LogP contribution in [0, 0.1) is 36.2 Å². The van der Waals surface area contributed by atoms with Crippen LogP contribution in [-0.4, -0.2) is 103 Å². The molecule has 3 aliphatic carbocycles. The molecule has 21 nitrogen and oxygen atoms in total. The summed E-state index contributed by atoms with van der Waals surface area (Å²) in [5, 5.41) is 17.9. The first-order valence-corrected chi connectivity index (χ1v) is 52.0. The molecule has 0 amide bonds. The molecule has 0 aromatic heterocycles. The molecule has 0 saturated heterocycles. The lowest BCUT2D eigenvalue weighted by Gasteiger charge is -2.17. The highest BCUT2D eigenvalue weighted by molar-refractivity contribution is 7.88. The van der Waals surface area contributed by atoms with E-state index < -0.39 is 94.0 Å². The summed E-state index contributed by atoms with van der Waals surface area (Å²) in [6, 6.07) is 35.1. The lowest BCUT2D eigenvalue weighted by Crippen LogP contribution is -2.28. The summed E-state index contributed by atoms with van der Waals surface area (Å²) >= 11 is 0. The smallest absolute Gasteiger partial charge is 0.494 e. The number of carbonyl (C=O) groups is 2. The molecule has 0 aliphatic heterocycles. The molecule has 3 saturated carbocycles. The first kappa shape index (κ1) is 118. The van der Waals surface area contributed by atoms with Crippen LogP contribution >= 0.6 is 0 Å². The summed E-state index contributed by atoms with van der Waals surface area (Å²) < 4.78 is 280. The highest BCUT2D eigenvalue weighted by Gasteiger charge is 2.52. The van der Waals surface area contributed by atoms with E-state index >= 15 is 0 Å². The highest BCUT2D eigenvalue weighted by atomic mass is 32.2. The maximum atomic E-state index is 12.4. The van der Waals surface area contributed by atoms with Crippen LogP contribution in [0.3, 0.4) is 0 Å². The number of hydrogen-bond acceptors (Lipinski definition) is 20. The number of esters is 1. The van der Waals surface area contributed by atoms with Crippen molar-refractivity contribution in [3.8, 4) is 59.1 Å². The summed E-state index contributed by atoms with van der Waals surface area (Å²) in [6.07, 6.45) is 17.2. The zero-order valence-corrected chi connectivity index (χ0v) is 83.8. The van der Waals surface area contributed by atoms with Crippen LogP contribution in [0.1, 0.15) is 281 Å². The Balaban J connectivity index is 0.000000338. The number of rotatable bonds is 31. The normalized spacial score (nSPS) is 14.2. The Hall–Kier alpha value is -10.1. The number of aliphatic hydroxyl groups excluding tert-OH is 1. The quantitative estimate of drug-likeness (QED) is 0.00776. The zero-order chi connectivity index (χ0) is 104. The predicted octanol–water partition coefficient (Wildman–Crippen LogP) is 24.1. The topological polar surface area (TPSA) is 294 Å². The second-order valence-electron chi connectivity index (χ2n) is 35.8. The molecule has 0 spiro atoms. The first-order valence-electron chi connectivity index (χ1n) is 42.9. The third-order valence-electron chi connectivity index (χ3n) is 20.4. The van der Waals surface area contributed by atoms with Gasteiger partial charge in [-0.2, -0.15) is 86.4 Å². The van der Waals surface area contributed by atoms with Gasteiger partial charge in [-0.25, -0.2) is 0 Å². The van der Waals surface area contributed by atoms with E-state index in [9.17, 15) is 95.9 Å². The van der Waals surface area contributed by atoms with Crippen LogP contribution in [0.25, 0.3) is 0 Å². The summed E-state index contributed by atoms with van der Waals surface area (Å²) in [6.45, 7) is 44.0. The molecule has 0 bridgehead atoms. The minimum atomic E-state index is -5.72. The van der Waals surface area contributed by atoms with Gasteiger partial charge >= 0.3 is 74.4 Å². The predicted molar refractivity (Wildman–Crippen MR) is 498 cm³/mol. The van der Waals surface area contributed by atoms with Crippen LogP contribution in [0.15, 0.2) is 146 Å². The number of carboxylic acid groups (broad SMARTS) is 1. The number of allylic oxidation sites excluding steroid dienone is 1. The van der Waals surface area contributed by atoms with E-state index in [1.54, 1.807) is 40.7 Å². The largest absolute Gasteiger partial charge is 0.534 e. The summed E-state index contributed by atoms with van der Waals surface area (Å²) in [4.78, 5) is 21.6. The molecule has 0 unspecified atom stereocenters. The number of carbonyl (C=O) groups excluding carboxylic acids is 1. The van der Waals surface area contributed by atoms with Gasteiger partial charge in [0.05, 0.1) is 55.4 Å². The minimum Gasteiger partial charge on any atom is -0.494 e. The van der Waals surface area contributed by atoms with E-state index in [0.29, 0.717) is 70.8 Å². The van der Waals surface area contributed by atoms with Gasteiger partial charge in [0.15, 0.2) is 0 Å². The number of aliphatic hydroxyl groups is 1. The molecule has 0 heterocycles. The molecular formula is C98H120F12O21S4Si. The van der Waals surface area contributed by atoms with Crippen LogP contribution < -0.4 is 16.7 Å². The number of benzene rings is 7. The molecule has 10 rings (SSSR count). The first-order chi connectivity index (χ1) is 62.3. The SMILES string of the molecule is C#C[Si](C)(C)C.C#Cc1ccc(COC2(C)CC2)c(C(C)C)c1.C=C(C)OCc1ccc(OS(=O)(=O)C(F)(F)F)cc1C(C)C.CC(=O)OCc1ccc(OS(=O)(=O)C(F)(F)F)cc1C(C)C.CC(C)c1cc(C#Cc2ccc(CC(=O)O)cc2)ccc1COC1(C)CC1.CC(C)c1cc(OS(=O)(=O)C(F)(F)F)ccc1CO.CC(C)c1cc(OS(=O)(=O)C(F)(F)F)ccc1COC1(C)CC1. The number of ether oxygens (including phenoxy) is 5. The van der Waals surface area contributed by atoms with Crippen molar-refractivity contribution in [2.24, 2.45) is 0 Å². The van der Waals surface area contributed by atoms with Crippen molar-refractivity contribution in [1.29, 1.82) is 0 Å². The molecule has 0 radical (unpaired) electrons. The van der Waals surface area contributed by atoms with E-state index in [2.05, 4.69) is 132 Å². The number of carboxylic acids is 1. The Morgan fingerprint density at radius 2 is 0.640 bits per heavy atom. The maximum absolute atomic E-state index is 12.4. The van der Waals surface area contributed by atoms with E-state index in [-0.39, 0.29) is 78.2 Å². The lowest BCUT2D eigenvalue weighted by atomic mass is 9.95. The summed E-state index contributed by atoms with van der Waals surface area (Å²) in [5.41, 5.74) is -5.38. The van der Waals surface area contributed by atoms with Crippen molar-refractivity contribution >= 4 is 60.5 Å². The molecule has 750 valence electrons. The third-order valence-corrected chi connectivity index (χ3v) is 25.2. The van der Waals surface area contributed by atoms with Crippen molar-refractivity contribution in [3.05, 3.63) is 235 Å². The van der Waals surface area contributed by atoms with Gasteiger partial charge in [-0.1, -0.05) is 176 Å². The van der Waals surface area contributed by atoms with E-state index in [1.807, 2.05) is 71.0 Å². The van der Waals surface area contributed by atoms with E-state index in [0.717, 1.165) is 77.3 Å². The van der Waals surface area contributed by atoms with Gasteiger partial charge in [-0.15, -0.1) is 18.4 Å². The summed E-state index contributed by atoms with van der Waals surface area (Å²) in [7, 11) is -23.8. The van der Waals surface area contributed by atoms with Crippen LogP contribution in [0.4, 0.5) is 52.7 Å². The Labute approximate surface area is 792 Å². The van der Waals surface area contributed by atoms with Gasteiger partial charge in [-0.05, 0) is 259 Å². The van der Waals surface area contributed by atoms with Gasteiger partial charge in [0.25, 0.3) is 0 Å². The minimum absolute atomic E-state index is 0.0160. The molecule has 7 aromatic carbocycles. The Bertz CT molecular complexity index is 5750. The number of hydrogen-bond donors (Lipinski definition) is 2. The lowest BCUT2D eigenvalue weighted by molar-refractivity contribution is -0.142. The van der Waals surface area contributed by atoms with Gasteiger partial charge < -0.3 is 50.6 Å². The summed E-state index contributed by atoms with van der Waals surface area (Å²) in [5.74, 6) is 7.20. The van der Waals surface area contributed by atoms with Crippen molar-refractivity contribution in [1.82, 2.24) is 0 Å². The molecule has 3 aliphatic rings. The molecule has 2 N–H and O–H groups in total. The average Bonchev–Trinajstić information content (AvgIpc) is 1.25. The Kier molecular flexibility index (Phi) is 43.0. The molecular weight excluding hydrogens is 1900 g/mol. The van der Waals surface area contributed by atoms with E-state index in [1.165, 1.54) is 90.6 Å². The highest BCUT2D eigenvalue weighted by Crippen LogP contribution is 2.44. The zero-order valence-electron chi connectivity index (χ0n) is 79.5. The maximum Gasteiger partial charge on any atom is 0.534 e. The van der Waals surface area contributed by atoms with Crippen LogP contribution in [-0.2, 0) is 120 Å². The second kappa shape index (κ2) is 49.5. The van der Waals surface area contributed by atoms with E-state index in [4.69, 9.17) is 46.7 Å².